The number of para-hydroxylation sites is 1. The number of anilines is 1. The third-order valence-electron chi connectivity index (χ3n) is 4.63. The van der Waals surface area contributed by atoms with E-state index in [2.05, 4.69) is 21.7 Å². The Morgan fingerprint density at radius 1 is 0.800 bits per heavy atom. The second-order valence-corrected chi connectivity index (χ2v) is 7.95. The number of nitrogens with one attached hydrogen (secondary N) is 2. The highest BCUT2D eigenvalue weighted by molar-refractivity contribution is 7.18. The Hall–Kier alpha value is -3.51. The summed E-state index contributed by atoms with van der Waals surface area (Å²) < 4.78 is 1.19. The second-order valence-electron chi connectivity index (χ2n) is 6.83. The van der Waals surface area contributed by atoms with Crippen LogP contribution >= 0.6 is 11.3 Å². The maximum absolute atomic E-state index is 12.3. The van der Waals surface area contributed by atoms with Gasteiger partial charge >= 0.3 is 0 Å². The van der Waals surface area contributed by atoms with Crippen molar-refractivity contribution in [1.29, 1.82) is 0 Å². The van der Waals surface area contributed by atoms with Crippen LogP contribution in [0, 0.1) is 0 Å². The van der Waals surface area contributed by atoms with Gasteiger partial charge in [0.15, 0.2) is 0 Å². The normalized spacial score (nSPS) is 10.7. The van der Waals surface area contributed by atoms with Crippen LogP contribution in [-0.2, 0) is 6.42 Å². The zero-order valence-electron chi connectivity index (χ0n) is 16.3. The largest absolute Gasteiger partial charge is 0.352 e. The lowest BCUT2D eigenvalue weighted by molar-refractivity contribution is 0.0952. The molecule has 0 unspecified atom stereocenters. The Morgan fingerprint density at radius 2 is 1.50 bits per heavy atom. The van der Waals surface area contributed by atoms with Crippen molar-refractivity contribution in [3.63, 3.8) is 0 Å². The summed E-state index contributed by atoms with van der Waals surface area (Å²) in [7, 11) is 0. The molecule has 0 saturated carbocycles. The number of hydrogen-bond donors (Lipinski definition) is 2. The van der Waals surface area contributed by atoms with Gasteiger partial charge < -0.3 is 10.6 Å². The first kappa shape index (κ1) is 19.8. The first-order chi connectivity index (χ1) is 14.7. The molecule has 0 aliphatic carbocycles. The number of thiazole rings is 1. The van der Waals surface area contributed by atoms with Crippen LogP contribution in [0.1, 0.15) is 32.1 Å². The lowest BCUT2D eigenvalue weighted by atomic mass is 10.1. The fourth-order valence-corrected chi connectivity index (χ4v) is 4.08. The highest BCUT2D eigenvalue weighted by Gasteiger charge is 2.08. The van der Waals surface area contributed by atoms with Gasteiger partial charge in [0.2, 0.25) is 0 Å². The van der Waals surface area contributed by atoms with Gasteiger partial charge in [-0.05, 0) is 55.0 Å². The van der Waals surface area contributed by atoms with Crippen LogP contribution in [0.25, 0.3) is 10.2 Å². The molecule has 30 heavy (non-hydrogen) atoms. The summed E-state index contributed by atoms with van der Waals surface area (Å²) >= 11 is 1.70. The molecule has 0 spiro atoms. The molecular weight excluding hydrogens is 394 g/mol. The Labute approximate surface area is 178 Å². The van der Waals surface area contributed by atoms with Crippen LogP contribution in [0.2, 0.25) is 0 Å². The van der Waals surface area contributed by atoms with Gasteiger partial charge in [-0.15, -0.1) is 11.3 Å². The van der Waals surface area contributed by atoms with E-state index in [-0.39, 0.29) is 11.8 Å². The minimum Gasteiger partial charge on any atom is -0.352 e. The fraction of sp³-hybridized carbons (Fsp3) is 0.125. The quantitative estimate of drug-likeness (QED) is 0.421. The Bertz CT molecular complexity index is 1120. The van der Waals surface area contributed by atoms with E-state index in [4.69, 9.17) is 0 Å². The number of aromatic nitrogens is 1. The topological polar surface area (TPSA) is 71.1 Å². The molecule has 150 valence electrons. The first-order valence-electron chi connectivity index (χ1n) is 9.78. The molecule has 0 aliphatic heterocycles. The maximum atomic E-state index is 12.3. The van der Waals surface area contributed by atoms with Gasteiger partial charge in [0, 0.05) is 29.8 Å². The first-order valence-corrected chi connectivity index (χ1v) is 10.6. The van der Waals surface area contributed by atoms with Gasteiger partial charge in [0.05, 0.1) is 15.2 Å². The summed E-state index contributed by atoms with van der Waals surface area (Å²) in [5, 5.41) is 6.86. The number of nitrogens with zero attached hydrogens (tertiary/aromatic N) is 1. The van der Waals surface area contributed by atoms with E-state index in [0.717, 1.165) is 23.4 Å². The van der Waals surface area contributed by atoms with E-state index in [1.807, 2.05) is 36.4 Å². The summed E-state index contributed by atoms with van der Waals surface area (Å²) in [6, 6.07) is 24.0. The number of fused-ring (bicyclic) bond motifs is 1. The number of hydrogen-bond acceptors (Lipinski definition) is 4. The summed E-state index contributed by atoms with van der Waals surface area (Å²) in [5.74, 6) is -0.303. The van der Waals surface area contributed by atoms with E-state index in [1.165, 1.54) is 4.70 Å². The van der Waals surface area contributed by atoms with E-state index in [1.54, 1.807) is 47.7 Å². The van der Waals surface area contributed by atoms with Gasteiger partial charge in [0.1, 0.15) is 0 Å². The lowest BCUT2D eigenvalue weighted by Crippen LogP contribution is -2.24. The van der Waals surface area contributed by atoms with Gasteiger partial charge in [-0.3, -0.25) is 9.59 Å². The summed E-state index contributed by atoms with van der Waals surface area (Å²) in [5.41, 5.74) is 2.83. The number of benzene rings is 3. The minimum absolute atomic E-state index is 0.125. The van der Waals surface area contributed by atoms with Crippen LogP contribution in [0.4, 0.5) is 5.69 Å². The molecule has 0 saturated heterocycles. The Kier molecular flexibility index (Phi) is 6.15. The molecule has 0 aliphatic rings. The number of carbonyl (C=O) groups is 2. The van der Waals surface area contributed by atoms with Crippen molar-refractivity contribution >= 4 is 39.1 Å². The molecule has 4 rings (SSSR count). The van der Waals surface area contributed by atoms with Gasteiger partial charge in [0.25, 0.3) is 11.8 Å². The highest BCUT2D eigenvalue weighted by atomic mass is 32.1. The zero-order chi connectivity index (χ0) is 20.8. The van der Waals surface area contributed by atoms with Crippen molar-refractivity contribution in [2.75, 3.05) is 11.9 Å². The van der Waals surface area contributed by atoms with E-state index in [0.29, 0.717) is 23.4 Å². The van der Waals surface area contributed by atoms with Crippen molar-refractivity contribution in [3.8, 4) is 0 Å². The Balaban J connectivity index is 1.25. The third kappa shape index (κ3) is 4.90. The van der Waals surface area contributed by atoms with Crippen LogP contribution in [0.5, 0.6) is 0 Å². The molecule has 0 bridgehead atoms. The summed E-state index contributed by atoms with van der Waals surface area (Å²) in [4.78, 5) is 29.1. The molecular formula is C24H21N3O2S. The predicted molar refractivity (Wildman–Crippen MR) is 121 cm³/mol. The molecule has 4 aromatic rings. The summed E-state index contributed by atoms with van der Waals surface area (Å²) in [6.07, 6.45) is 1.67. The van der Waals surface area contributed by atoms with Crippen molar-refractivity contribution in [3.05, 3.63) is 95.0 Å². The lowest BCUT2D eigenvalue weighted by Gasteiger charge is -2.07. The molecule has 2 amide bonds. The highest BCUT2D eigenvalue weighted by Crippen LogP contribution is 2.22. The van der Waals surface area contributed by atoms with Crippen LogP contribution in [-0.4, -0.2) is 23.3 Å². The number of amides is 2. The third-order valence-corrected chi connectivity index (χ3v) is 5.73. The maximum Gasteiger partial charge on any atom is 0.255 e. The number of carbonyl (C=O) groups excluding carboxylic acids is 2. The number of aryl methyl sites for hydroxylation is 1. The number of rotatable bonds is 7. The fourth-order valence-electron chi connectivity index (χ4n) is 3.07. The van der Waals surface area contributed by atoms with Crippen molar-refractivity contribution < 1.29 is 9.59 Å². The van der Waals surface area contributed by atoms with Crippen LogP contribution in [0.15, 0.2) is 78.9 Å². The molecule has 0 fully saturated rings. The molecule has 6 heteroatoms. The van der Waals surface area contributed by atoms with E-state index < -0.39 is 0 Å². The molecule has 5 nitrogen and oxygen atoms in total. The van der Waals surface area contributed by atoms with Crippen molar-refractivity contribution in [1.82, 2.24) is 10.3 Å². The van der Waals surface area contributed by atoms with Gasteiger partial charge in [-0.1, -0.05) is 30.3 Å². The van der Waals surface area contributed by atoms with Crippen LogP contribution < -0.4 is 10.6 Å². The van der Waals surface area contributed by atoms with Gasteiger partial charge in [-0.25, -0.2) is 4.98 Å². The standard InChI is InChI=1S/C24H21N3O2S/c28-23(25-16-6-11-22-27-20-9-4-5-10-21(20)30-22)18-12-14-19(15-13-18)26-24(29)17-7-2-1-3-8-17/h1-5,7-10,12-15H,6,11,16H2,(H,25,28)(H,26,29). The average Bonchev–Trinajstić information content (AvgIpc) is 3.20. The molecule has 1 heterocycles. The molecule has 0 atom stereocenters. The average molecular weight is 416 g/mol. The smallest absolute Gasteiger partial charge is 0.255 e. The monoisotopic (exact) mass is 415 g/mol. The van der Waals surface area contributed by atoms with E-state index >= 15 is 0 Å². The minimum atomic E-state index is -0.178. The van der Waals surface area contributed by atoms with E-state index in [9.17, 15) is 9.59 Å². The van der Waals surface area contributed by atoms with Gasteiger partial charge in [-0.2, -0.15) is 0 Å². The summed E-state index contributed by atoms with van der Waals surface area (Å²) in [6.45, 7) is 0.585. The predicted octanol–water partition coefficient (Wildman–Crippen LogP) is 4.91. The molecule has 1 aromatic heterocycles. The van der Waals surface area contributed by atoms with Crippen molar-refractivity contribution in [2.45, 2.75) is 12.8 Å². The zero-order valence-corrected chi connectivity index (χ0v) is 17.1. The van der Waals surface area contributed by atoms with Crippen LogP contribution in [0.3, 0.4) is 0 Å². The molecule has 3 aromatic carbocycles. The molecule has 2 N–H and O–H groups in total. The molecule has 0 radical (unpaired) electrons. The van der Waals surface area contributed by atoms with Crippen molar-refractivity contribution in [2.24, 2.45) is 0 Å². The Morgan fingerprint density at radius 3 is 2.27 bits per heavy atom. The second kappa shape index (κ2) is 9.33. The SMILES string of the molecule is O=C(NCCCc1nc2ccccc2s1)c1ccc(NC(=O)c2ccccc2)cc1.